The lowest BCUT2D eigenvalue weighted by molar-refractivity contribution is -0.141. The van der Waals surface area contributed by atoms with Crippen LogP contribution in [0, 0.1) is 12.8 Å². The van der Waals surface area contributed by atoms with Gasteiger partial charge in [0.2, 0.25) is 5.91 Å². The number of hydrogen-bond acceptors (Lipinski definition) is 4. The molecule has 2 unspecified atom stereocenters. The molecule has 1 saturated heterocycles. The Kier molecular flexibility index (Phi) is 4.27. The first-order valence-electron chi connectivity index (χ1n) is 8.65. The van der Waals surface area contributed by atoms with E-state index in [9.17, 15) is 4.79 Å². The van der Waals surface area contributed by atoms with Gasteiger partial charge in [-0.05, 0) is 44.2 Å². The zero-order valence-corrected chi connectivity index (χ0v) is 14.7. The van der Waals surface area contributed by atoms with Gasteiger partial charge in [-0.25, -0.2) is 4.98 Å². The minimum absolute atomic E-state index is 0.0819. The van der Waals surface area contributed by atoms with Gasteiger partial charge in [-0.2, -0.15) is 0 Å². The van der Waals surface area contributed by atoms with Gasteiger partial charge in [-0.15, -0.1) is 11.3 Å². The van der Waals surface area contributed by atoms with Crippen LogP contribution in [-0.4, -0.2) is 28.9 Å². The molecule has 4 nitrogen and oxygen atoms in total. The highest BCUT2D eigenvalue weighted by Gasteiger charge is 2.35. The molecule has 0 N–H and O–H groups in total. The minimum atomic E-state index is -0.0819. The second-order valence-corrected chi connectivity index (χ2v) is 7.58. The highest BCUT2D eigenvalue weighted by Crippen LogP contribution is 2.35. The molecule has 0 radical (unpaired) electrons. The minimum Gasteiger partial charge on any atom is -0.492 e. The van der Waals surface area contributed by atoms with Crippen LogP contribution < -0.4 is 4.74 Å². The third-order valence-corrected chi connectivity index (χ3v) is 6.00. The van der Waals surface area contributed by atoms with Crippen molar-refractivity contribution in [2.75, 3.05) is 13.2 Å². The summed E-state index contributed by atoms with van der Waals surface area (Å²) in [4.78, 5) is 19.9. The number of fused-ring (bicyclic) bond motifs is 1. The van der Waals surface area contributed by atoms with E-state index in [1.807, 2.05) is 25.1 Å². The first-order valence-corrected chi connectivity index (χ1v) is 9.53. The number of aromatic nitrogens is 1. The quantitative estimate of drug-likeness (QED) is 0.834. The average Bonchev–Trinajstić information content (AvgIpc) is 3.07. The lowest BCUT2D eigenvalue weighted by Crippen LogP contribution is -2.44. The molecule has 1 amide bonds. The number of likely N-dealkylation sites (tertiary alicyclic amines) is 1. The van der Waals surface area contributed by atoms with E-state index in [-0.39, 0.29) is 17.9 Å². The number of rotatable bonds is 2. The van der Waals surface area contributed by atoms with Crippen LogP contribution in [0.2, 0.25) is 0 Å². The second kappa shape index (κ2) is 6.55. The number of para-hydroxylation sites is 1. The number of nitrogens with zero attached hydrogens (tertiary/aromatic N) is 2. The molecule has 0 bridgehead atoms. The van der Waals surface area contributed by atoms with Gasteiger partial charge in [0.05, 0.1) is 12.0 Å². The maximum absolute atomic E-state index is 13.2. The summed E-state index contributed by atoms with van der Waals surface area (Å²) in [6.07, 6.45) is 4.03. The van der Waals surface area contributed by atoms with Crippen LogP contribution in [0.1, 0.15) is 41.6 Å². The van der Waals surface area contributed by atoms with Gasteiger partial charge in [0.25, 0.3) is 0 Å². The molecule has 126 valence electrons. The Bertz CT molecular complexity index is 742. The molecule has 0 spiro atoms. The third kappa shape index (κ3) is 2.93. The molecule has 5 heteroatoms. The van der Waals surface area contributed by atoms with Crippen molar-refractivity contribution in [3.8, 4) is 5.75 Å². The van der Waals surface area contributed by atoms with Gasteiger partial charge >= 0.3 is 0 Å². The molecular formula is C19H22N2O2S. The van der Waals surface area contributed by atoms with Crippen molar-refractivity contribution in [2.45, 2.75) is 38.6 Å². The van der Waals surface area contributed by atoms with Gasteiger partial charge in [0, 0.05) is 17.6 Å². The molecule has 1 fully saturated rings. The van der Waals surface area contributed by atoms with Crippen molar-refractivity contribution in [1.82, 2.24) is 9.88 Å². The van der Waals surface area contributed by atoms with Crippen molar-refractivity contribution in [3.05, 3.63) is 45.9 Å². The highest BCUT2D eigenvalue weighted by molar-refractivity contribution is 7.09. The summed E-state index contributed by atoms with van der Waals surface area (Å²) < 4.78 is 5.83. The van der Waals surface area contributed by atoms with E-state index in [4.69, 9.17) is 4.74 Å². The van der Waals surface area contributed by atoms with Crippen molar-refractivity contribution in [3.63, 3.8) is 0 Å². The number of benzene rings is 1. The number of piperidine rings is 1. The predicted octanol–water partition coefficient (Wildman–Crippen LogP) is 3.76. The van der Waals surface area contributed by atoms with Gasteiger partial charge in [0.1, 0.15) is 17.4 Å². The van der Waals surface area contributed by atoms with E-state index in [0.29, 0.717) is 6.61 Å². The Morgan fingerprint density at radius 1 is 1.33 bits per heavy atom. The first kappa shape index (κ1) is 15.6. The van der Waals surface area contributed by atoms with E-state index in [1.54, 1.807) is 11.3 Å². The van der Waals surface area contributed by atoms with E-state index >= 15 is 0 Å². The third-order valence-electron chi connectivity index (χ3n) is 4.94. The molecule has 2 aliphatic rings. The molecule has 2 aliphatic heterocycles. The topological polar surface area (TPSA) is 42.4 Å². The van der Waals surface area contributed by atoms with Crippen LogP contribution in [0.15, 0.2) is 29.6 Å². The largest absolute Gasteiger partial charge is 0.492 e. The second-order valence-electron chi connectivity index (χ2n) is 6.69. The number of amides is 1. The molecule has 4 rings (SSSR count). The number of carbonyl (C=O) groups excluding carboxylic acids is 1. The number of carbonyl (C=O) groups is 1. The molecule has 0 saturated carbocycles. The zero-order chi connectivity index (χ0) is 16.5. The Morgan fingerprint density at radius 3 is 3.04 bits per heavy atom. The lowest BCUT2D eigenvalue weighted by Gasteiger charge is -2.37. The van der Waals surface area contributed by atoms with E-state index in [0.717, 1.165) is 54.2 Å². The van der Waals surface area contributed by atoms with Crippen LogP contribution in [0.4, 0.5) is 0 Å². The van der Waals surface area contributed by atoms with Crippen LogP contribution in [0.3, 0.4) is 0 Å². The fraction of sp³-hybridized carbons (Fsp3) is 0.474. The maximum atomic E-state index is 13.2. The first-order chi connectivity index (χ1) is 11.7. The fourth-order valence-electron chi connectivity index (χ4n) is 3.70. The zero-order valence-electron chi connectivity index (χ0n) is 13.9. The molecule has 0 aliphatic carbocycles. The van der Waals surface area contributed by atoms with E-state index in [2.05, 4.69) is 21.3 Å². The number of aryl methyl sites for hydroxylation is 1. The van der Waals surface area contributed by atoms with Crippen LogP contribution >= 0.6 is 11.3 Å². The van der Waals surface area contributed by atoms with Crippen molar-refractivity contribution in [2.24, 2.45) is 5.92 Å². The summed E-state index contributed by atoms with van der Waals surface area (Å²) in [5.41, 5.74) is 2.18. The summed E-state index contributed by atoms with van der Waals surface area (Å²) >= 11 is 1.68. The summed E-state index contributed by atoms with van der Waals surface area (Å²) in [5, 5.41) is 3.16. The highest BCUT2D eigenvalue weighted by atomic mass is 32.1. The molecule has 2 aromatic rings. The molecule has 3 heterocycles. The van der Waals surface area contributed by atoms with Crippen molar-refractivity contribution in [1.29, 1.82) is 0 Å². The maximum Gasteiger partial charge on any atom is 0.230 e. The van der Waals surface area contributed by atoms with Gasteiger partial charge < -0.3 is 9.64 Å². The smallest absolute Gasteiger partial charge is 0.230 e. The van der Waals surface area contributed by atoms with E-state index in [1.165, 1.54) is 0 Å². The van der Waals surface area contributed by atoms with Crippen molar-refractivity contribution < 1.29 is 9.53 Å². The standard InChI is InChI=1S/C19H22N2O2S/c1-13-12-24-18(20-13)16-7-4-5-9-21(16)19(22)15-10-14-6-2-3-8-17(14)23-11-15/h2-3,6,8,12,15-16H,4-5,7,9-11H2,1H3. The number of hydrogen-bond donors (Lipinski definition) is 0. The summed E-state index contributed by atoms with van der Waals surface area (Å²) in [7, 11) is 0. The molecule has 1 aromatic carbocycles. The predicted molar refractivity (Wildman–Crippen MR) is 94.3 cm³/mol. The SMILES string of the molecule is Cc1csc(C2CCCCN2C(=O)C2COc3ccccc3C2)n1. The van der Waals surface area contributed by atoms with Crippen molar-refractivity contribution >= 4 is 17.2 Å². The normalized spacial score (nSPS) is 23.5. The van der Waals surface area contributed by atoms with Crippen LogP contribution in [0.25, 0.3) is 0 Å². The number of ether oxygens (including phenoxy) is 1. The summed E-state index contributed by atoms with van der Waals surface area (Å²) in [5.74, 6) is 1.07. The molecule has 1 aromatic heterocycles. The fourth-order valence-corrected chi connectivity index (χ4v) is 4.64. The van der Waals surface area contributed by atoms with Gasteiger partial charge in [-0.1, -0.05) is 18.2 Å². The molecule has 2 atom stereocenters. The Labute approximate surface area is 146 Å². The Hall–Kier alpha value is -1.88. The Balaban J connectivity index is 1.54. The monoisotopic (exact) mass is 342 g/mol. The van der Waals surface area contributed by atoms with E-state index < -0.39 is 0 Å². The molecular weight excluding hydrogens is 320 g/mol. The summed E-state index contributed by atoms with van der Waals surface area (Å²) in [6.45, 7) is 3.33. The Morgan fingerprint density at radius 2 is 2.21 bits per heavy atom. The lowest BCUT2D eigenvalue weighted by atomic mass is 9.93. The van der Waals surface area contributed by atoms with Gasteiger partial charge in [0.15, 0.2) is 0 Å². The summed E-state index contributed by atoms with van der Waals surface area (Å²) in [6, 6.07) is 8.18. The number of thiazole rings is 1. The average molecular weight is 342 g/mol. The van der Waals surface area contributed by atoms with Crippen LogP contribution in [-0.2, 0) is 11.2 Å². The van der Waals surface area contributed by atoms with Crippen LogP contribution in [0.5, 0.6) is 5.75 Å². The molecule has 24 heavy (non-hydrogen) atoms. The van der Waals surface area contributed by atoms with Gasteiger partial charge in [-0.3, -0.25) is 4.79 Å².